The maximum absolute atomic E-state index is 12.0. The van der Waals surface area contributed by atoms with Crippen LogP contribution in [0.15, 0.2) is 18.2 Å². The molecule has 2 amide bonds. The molecule has 1 saturated heterocycles. The lowest BCUT2D eigenvalue weighted by atomic mass is 10.1. The minimum Gasteiger partial charge on any atom is -0.444 e. The summed E-state index contributed by atoms with van der Waals surface area (Å²) in [6.07, 6.45) is -0.290. The predicted octanol–water partition coefficient (Wildman–Crippen LogP) is 3.10. The van der Waals surface area contributed by atoms with Crippen LogP contribution in [0.2, 0.25) is 5.02 Å². The Balaban J connectivity index is 1.99. The number of likely N-dealkylation sites (N-methyl/N-ethyl adjacent to an activating group) is 1. The highest BCUT2D eigenvalue weighted by atomic mass is 35.5. The number of benzene rings is 1. The molecule has 1 fully saturated rings. The average molecular weight is 368 g/mol. The quantitative estimate of drug-likeness (QED) is 0.823. The molecule has 0 atom stereocenters. The number of amides is 2. The second-order valence-corrected chi connectivity index (χ2v) is 7.92. The highest BCUT2D eigenvalue weighted by molar-refractivity contribution is 6.34. The highest BCUT2D eigenvalue weighted by Gasteiger charge is 2.36. The van der Waals surface area contributed by atoms with Gasteiger partial charge in [-0.2, -0.15) is 0 Å². The summed E-state index contributed by atoms with van der Waals surface area (Å²) >= 11 is 6.27. The zero-order chi connectivity index (χ0) is 18.9. The third-order valence-electron chi connectivity index (χ3n) is 4.06. The third-order valence-corrected chi connectivity index (χ3v) is 4.37. The van der Waals surface area contributed by atoms with E-state index in [2.05, 4.69) is 4.90 Å². The molecule has 0 aromatic heterocycles. The van der Waals surface area contributed by atoms with E-state index in [-0.39, 0.29) is 18.0 Å². The summed E-state index contributed by atoms with van der Waals surface area (Å²) in [6.45, 7) is 6.76. The molecule has 0 spiro atoms. The third kappa shape index (κ3) is 4.57. The van der Waals surface area contributed by atoms with Crippen LogP contribution in [0.5, 0.6) is 0 Å². The molecule has 138 valence electrons. The Morgan fingerprint density at radius 2 is 1.80 bits per heavy atom. The average Bonchev–Trinajstić information content (AvgIpc) is 2.42. The molecular formula is C18H26ClN3O3. The molecule has 0 saturated carbocycles. The van der Waals surface area contributed by atoms with Crippen LogP contribution in [0.1, 0.15) is 31.1 Å². The van der Waals surface area contributed by atoms with E-state index in [0.717, 1.165) is 5.69 Å². The zero-order valence-electron chi connectivity index (χ0n) is 15.7. The van der Waals surface area contributed by atoms with Crippen LogP contribution in [0.25, 0.3) is 0 Å². The maximum atomic E-state index is 12.0. The number of carbonyl (C=O) groups is 2. The molecule has 7 heteroatoms. The predicted molar refractivity (Wildman–Crippen MR) is 99.5 cm³/mol. The van der Waals surface area contributed by atoms with Gasteiger partial charge in [0.15, 0.2) is 0 Å². The molecule has 1 aliphatic heterocycles. The fourth-order valence-corrected chi connectivity index (χ4v) is 2.78. The fourth-order valence-electron chi connectivity index (χ4n) is 2.52. The Kier molecular flexibility index (Phi) is 5.52. The lowest BCUT2D eigenvalue weighted by Crippen LogP contribution is -2.61. The van der Waals surface area contributed by atoms with Crippen LogP contribution < -0.4 is 4.90 Å². The van der Waals surface area contributed by atoms with E-state index in [1.807, 2.05) is 33.9 Å². The first-order valence-electron chi connectivity index (χ1n) is 8.21. The Labute approximate surface area is 154 Å². The second kappa shape index (κ2) is 7.12. The Bertz CT molecular complexity index is 664. The van der Waals surface area contributed by atoms with Crippen molar-refractivity contribution in [3.8, 4) is 0 Å². The van der Waals surface area contributed by atoms with Crippen molar-refractivity contribution < 1.29 is 14.3 Å². The molecule has 0 radical (unpaired) electrons. The van der Waals surface area contributed by atoms with Crippen LogP contribution in [0, 0.1) is 0 Å². The largest absolute Gasteiger partial charge is 0.444 e. The normalized spacial score (nSPS) is 14.8. The molecule has 0 bridgehead atoms. The molecule has 0 unspecified atom stereocenters. The number of likely N-dealkylation sites (tertiary alicyclic amines) is 1. The summed E-state index contributed by atoms with van der Waals surface area (Å²) < 4.78 is 5.36. The number of carbonyl (C=O) groups excluding carboxylic acids is 2. The number of hydrogen-bond donors (Lipinski definition) is 0. The number of hydrogen-bond acceptors (Lipinski definition) is 4. The summed E-state index contributed by atoms with van der Waals surface area (Å²) in [7, 11) is 5.34. The first-order chi connectivity index (χ1) is 11.5. The van der Waals surface area contributed by atoms with Gasteiger partial charge in [0.1, 0.15) is 5.60 Å². The van der Waals surface area contributed by atoms with Gasteiger partial charge in [-0.1, -0.05) is 11.6 Å². The Morgan fingerprint density at radius 3 is 2.28 bits per heavy atom. The van der Waals surface area contributed by atoms with Gasteiger partial charge in [-0.15, -0.1) is 0 Å². The highest BCUT2D eigenvalue weighted by Crippen LogP contribution is 2.27. The standard InChI is InChI=1S/C18H26ClN3O3/c1-18(2,3)25-17(24)22-10-13(11-22)21(6)12-7-8-14(15(19)9-12)16(23)20(4)5/h7-9,13H,10-11H2,1-6H3. The number of ether oxygens (including phenoxy) is 1. The van der Waals surface area contributed by atoms with Crippen molar-refractivity contribution in [1.29, 1.82) is 0 Å². The lowest BCUT2D eigenvalue weighted by Gasteiger charge is -2.44. The van der Waals surface area contributed by atoms with Gasteiger partial charge in [-0.25, -0.2) is 4.79 Å². The maximum Gasteiger partial charge on any atom is 0.410 e. The number of halogens is 1. The Hall–Kier alpha value is -1.95. The van der Waals surface area contributed by atoms with Crippen molar-refractivity contribution in [3.63, 3.8) is 0 Å². The van der Waals surface area contributed by atoms with Crippen molar-refractivity contribution in [2.75, 3.05) is 39.1 Å². The van der Waals surface area contributed by atoms with Crippen LogP contribution in [0.4, 0.5) is 10.5 Å². The monoisotopic (exact) mass is 367 g/mol. The van der Waals surface area contributed by atoms with Crippen LogP contribution in [0.3, 0.4) is 0 Å². The van der Waals surface area contributed by atoms with Crippen LogP contribution in [-0.2, 0) is 4.74 Å². The summed E-state index contributed by atoms with van der Waals surface area (Å²) in [4.78, 5) is 29.3. The van der Waals surface area contributed by atoms with Crippen molar-refractivity contribution >= 4 is 29.3 Å². The molecule has 25 heavy (non-hydrogen) atoms. The van der Waals surface area contributed by atoms with E-state index in [4.69, 9.17) is 16.3 Å². The Morgan fingerprint density at radius 1 is 1.20 bits per heavy atom. The molecule has 6 nitrogen and oxygen atoms in total. The van der Waals surface area contributed by atoms with E-state index in [1.54, 1.807) is 31.1 Å². The zero-order valence-corrected chi connectivity index (χ0v) is 16.4. The first-order valence-corrected chi connectivity index (χ1v) is 8.59. The van der Waals surface area contributed by atoms with Crippen molar-refractivity contribution in [3.05, 3.63) is 28.8 Å². The van der Waals surface area contributed by atoms with Crippen molar-refractivity contribution in [1.82, 2.24) is 9.80 Å². The summed E-state index contributed by atoms with van der Waals surface area (Å²) in [6, 6.07) is 5.59. The minimum atomic E-state index is -0.490. The topological polar surface area (TPSA) is 53.1 Å². The second-order valence-electron chi connectivity index (χ2n) is 7.51. The summed E-state index contributed by atoms with van der Waals surface area (Å²) in [5.74, 6) is -0.126. The van der Waals surface area contributed by atoms with Crippen molar-refractivity contribution in [2.45, 2.75) is 32.4 Å². The van der Waals surface area contributed by atoms with Gasteiger partial charge in [0.2, 0.25) is 0 Å². The summed E-state index contributed by atoms with van der Waals surface area (Å²) in [5.41, 5.74) is 0.901. The van der Waals surface area contributed by atoms with Gasteiger partial charge >= 0.3 is 6.09 Å². The van der Waals surface area contributed by atoms with Gasteiger partial charge in [-0.3, -0.25) is 4.79 Å². The number of rotatable bonds is 3. The molecule has 0 N–H and O–H groups in total. The molecule has 2 rings (SSSR count). The SMILES string of the molecule is CN(C)C(=O)c1ccc(N(C)C2CN(C(=O)OC(C)(C)C)C2)cc1Cl. The number of anilines is 1. The van der Waals surface area contributed by atoms with Crippen molar-refractivity contribution in [2.24, 2.45) is 0 Å². The van der Waals surface area contributed by atoms with Crippen LogP contribution in [-0.4, -0.2) is 67.7 Å². The van der Waals surface area contributed by atoms with Gasteiger partial charge in [0, 0.05) is 39.9 Å². The smallest absolute Gasteiger partial charge is 0.410 e. The van der Waals surface area contributed by atoms with Gasteiger partial charge in [0.05, 0.1) is 16.6 Å². The molecule has 1 aliphatic rings. The van der Waals surface area contributed by atoms with E-state index in [9.17, 15) is 9.59 Å². The first kappa shape index (κ1) is 19.4. The van der Waals surface area contributed by atoms with E-state index in [1.165, 1.54) is 4.90 Å². The minimum absolute atomic E-state index is 0.126. The summed E-state index contributed by atoms with van der Waals surface area (Å²) in [5, 5.41) is 0.423. The molecule has 0 aliphatic carbocycles. The van der Waals surface area contributed by atoms with Crippen LogP contribution >= 0.6 is 11.6 Å². The van der Waals surface area contributed by atoms with Gasteiger partial charge < -0.3 is 19.4 Å². The fraction of sp³-hybridized carbons (Fsp3) is 0.556. The molecule has 1 heterocycles. The van der Waals surface area contributed by atoms with Gasteiger partial charge in [0.25, 0.3) is 5.91 Å². The van der Waals surface area contributed by atoms with Gasteiger partial charge in [-0.05, 0) is 39.0 Å². The number of nitrogens with zero attached hydrogens (tertiary/aromatic N) is 3. The molecule has 1 aromatic carbocycles. The lowest BCUT2D eigenvalue weighted by molar-refractivity contribution is 0.00851. The van der Waals surface area contributed by atoms with E-state index < -0.39 is 5.60 Å². The van der Waals surface area contributed by atoms with E-state index in [0.29, 0.717) is 23.7 Å². The van der Waals surface area contributed by atoms with E-state index >= 15 is 0 Å². The molecule has 1 aromatic rings. The molecular weight excluding hydrogens is 342 g/mol.